The Bertz CT molecular complexity index is 642. The number of ether oxygens (including phenoxy) is 2. The van der Waals surface area contributed by atoms with E-state index in [-0.39, 0.29) is 0 Å². The highest BCUT2D eigenvalue weighted by atomic mass is 35.5. The SMILES string of the molecule is COC[C@H]1CN(CCOc2ccc(Cl)cc2)Cc2cn(C)nc21. The maximum Gasteiger partial charge on any atom is 0.119 e. The second kappa shape index (κ2) is 7.34. The zero-order valence-corrected chi connectivity index (χ0v) is 14.3. The molecule has 1 aromatic carbocycles. The first-order valence-corrected chi connectivity index (χ1v) is 8.15. The van der Waals surface area contributed by atoms with Crippen LogP contribution in [0.15, 0.2) is 30.5 Å². The molecule has 0 spiro atoms. The van der Waals surface area contributed by atoms with Gasteiger partial charge in [0.05, 0.1) is 12.3 Å². The van der Waals surface area contributed by atoms with Crippen LogP contribution in [0.25, 0.3) is 0 Å². The van der Waals surface area contributed by atoms with Crippen molar-refractivity contribution < 1.29 is 9.47 Å². The molecule has 0 radical (unpaired) electrons. The number of halogens is 1. The fourth-order valence-electron chi connectivity index (χ4n) is 3.05. The molecule has 0 N–H and O–H groups in total. The van der Waals surface area contributed by atoms with Crippen LogP contribution in [0.4, 0.5) is 0 Å². The maximum atomic E-state index is 5.88. The Morgan fingerprint density at radius 3 is 2.83 bits per heavy atom. The third-order valence-electron chi connectivity index (χ3n) is 4.05. The van der Waals surface area contributed by atoms with Crippen LogP contribution < -0.4 is 4.74 Å². The number of benzene rings is 1. The van der Waals surface area contributed by atoms with E-state index in [2.05, 4.69) is 16.2 Å². The molecule has 6 heteroatoms. The van der Waals surface area contributed by atoms with Crippen LogP contribution in [0.1, 0.15) is 17.2 Å². The Labute approximate surface area is 141 Å². The first-order valence-electron chi connectivity index (χ1n) is 7.78. The van der Waals surface area contributed by atoms with Crippen molar-refractivity contribution in [1.29, 1.82) is 0 Å². The van der Waals surface area contributed by atoms with Crippen molar-refractivity contribution in [2.75, 3.05) is 33.4 Å². The first kappa shape index (κ1) is 16.3. The molecule has 1 aromatic heterocycles. The minimum Gasteiger partial charge on any atom is -0.492 e. The van der Waals surface area contributed by atoms with Crippen molar-refractivity contribution in [3.8, 4) is 5.75 Å². The lowest BCUT2D eigenvalue weighted by molar-refractivity contribution is 0.127. The normalized spacial score (nSPS) is 18.0. The predicted octanol–water partition coefficient (Wildman–Crippen LogP) is 2.70. The fraction of sp³-hybridized carbons (Fsp3) is 0.471. The molecular formula is C17H22ClN3O2. The lowest BCUT2D eigenvalue weighted by atomic mass is 9.97. The van der Waals surface area contributed by atoms with Crippen LogP contribution in [0.5, 0.6) is 5.75 Å². The average molecular weight is 336 g/mol. The first-order chi connectivity index (χ1) is 11.2. The second-order valence-corrected chi connectivity index (χ2v) is 6.34. The van der Waals surface area contributed by atoms with E-state index >= 15 is 0 Å². The summed E-state index contributed by atoms with van der Waals surface area (Å²) in [6, 6.07) is 7.47. The summed E-state index contributed by atoms with van der Waals surface area (Å²) in [5.41, 5.74) is 2.46. The van der Waals surface area contributed by atoms with E-state index in [0.717, 1.165) is 30.4 Å². The largest absolute Gasteiger partial charge is 0.492 e. The highest BCUT2D eigenvalue weighted by molar-refractivity contribution is 6.30. The molecule has 2 heterocycles. The molecule has 0 unspecified atom stereocenters. The minimum absolute atomic E-state index is 0.320. The zero-order valence-electron chi connectivity index (χ0n) is 13.5. The van der Waals surface area contributed by atoms with Gasteiger partial charge in [-0.1, -0.05) is 11.6 Å². The van der Waals surface area contributed by atoms with Gasteiger partial charge in [0.2, 0.25) is 0 Å². The molecule has 0 bridgehead atoms. The van der Waals surface area contributed by atoms with E-state index in [1.54, 1.807) is 7.11 Å². The van der Waals surface area contributed by atoms with E-state index in [0.29, 0.717) is 19.1 Å². The van der Waals surface area contributed by atoms with Crippen molar-refractivity contribution >= 4 is 11.6 Å². The van der Waals surface area contributed by atoms with Gasteiger partial charge in [-0.3, -0.25) is 9.58 Å². The van der Waals surface area contributed by atoms with Crippen LogP contribution in [0.2, 0.25) is 5.02 Å². The standard InChI is InChI=1S/C17H22ClN3O2/c1-20-9-13-10-21(11-14(12-22-2)17(13)19-20)7-8-23-16-5-3-15(18)4-6-16/h3-6,9,14H,7-8,10-12H2,1-2H3/t14-/m1/s1. The van der Waals surface area contributed by atoms with Gasteiger partial charge in [0, 0.05) is 56.5 Å². The van der Waals surface area contributed by atoms with Crippen molar-refractivity contribution in [3.63, 3.8) is 0 Å². The Hall–Kier alpha value is -1.56. The molecular weight excluding hydrogens is 314 g/mol. The molecule has 1 atom stereocenters. The Morgan fingerprint density at radius 1 is 1.30 bits per heavy atom. The summed E-state index contributed by atoms with van der Waals surface area (Å²) in [5, 5.41) is 5.31. The van der Waals surface area contributed by atoms with E-state index in [9.17, 15) is 0 Å². The highest BCUT2D eigenvalue weighted by Gasteiger charge is 2.28. The molecule has 0 amide bonds. The van der Waals surface area contributed by atoms with Crippen LogP contribution in [-0.2, 0) is 18.3 Å². The van der Waals surface area contributed by atoms with Crippen LogP contribution in [0.3, 0.4) is 0 Å². The molecule has 1 aliphatic rings. The van der Waals surface area contributed by atoms with Gasteiger partial charge in [0.25, 0.3) is 0 Å². The number of hydrogen-bond acceptors (Lipinski definition) is 4. The highest BCUT2D eigenvalue weighted by Crippen LogP contribution is 2.27. The van der Waals surface area contributed by atoms with Gasteiger partial charge in [-0.05, 0) is 24.3 Å². The van der Waals surface area contributed by atoms with Gasteiger partial charge in [0.1, 0.15) is 12.4 Å². The monoisotopic (exact) mass is 335 g/mol. The lowest BCUT2D eigenvalue weighted by Crippen LogP contribution is -2.37. The van der Waals surface area contributed by atoms with Crippen molar-refractivity contribution in [1.82, 2.24) is 14.7 Å². The summed E-state index contributed by atoms with van der Waals surface area (Å²) in [6.07, 6.45) is 2.10. The number of rotatable bonds is 6. The zero-order chi connectivity index (χ0) is 16.2. The maximum absolute atomic E-state index is 5.88. The Morgan fingerprint density at radius 2 is 2.09 bits per heavy atom. The third-order valence-corrected chi connectivity index (χ3v) is 4.31. The Balaban J connectivity index is 1.57. The molecule has 5 nitrogen and oxygen atoms in total. The summed E-state index contributed by atoms with van der Waals surface area (Å²) in [4.78, 5) is 2.39. The molecule has 124 valence electrons. The molecule has 0 saturated carbocycles. The third kappa shape index (κ3) is 4.05. The number of aromatic nitrogens is 2. The summed E-state index contributed by atoms with van der Waals surface area (Å²) in [7, 11) is 3.71. The van der Waals surface area contributed by atoms with Gasteiger partial charge in [-0.2, -0.15) is 5.10 Å². The molecule has 0 aliphatic carbocycles. The quantitative estimate of drug-likeness (QED) is 0.813. The smallest absolute Gasteiger partial charge is 0.119 e. The summed E-state index contributed by atoms with van der Waals surface area (Å²) >= 11 is 5.88. The van der Waals surface area contributed by atoms with Crippen molar-refractivity contribution in [3.05, 3.63) is 46.7 Å². The number of aryl methyl sites for hydroxylation is 1. The van der Waals surface area contributed by atoms with E-state index in [1.807, 2.05) is 36.0 Å². The number of methoxy groups -OCH3 is 1. The van der Waals surface area contributed by atoms with E-state index in [1.165, 1.54) is 11.3 Å². The van der Waals surface area contributed by atoms with Gasteiger partial charge < -0.3 is 9.47 Å². The van der Waals surface area contributed by atoms with Gasteiger partial charge in [-0.15, -0.1) is 0 Å². The fourth-order valence-corrected chi connectivity index (χ4v) is 3.18. The van der Waals surface area contributed by atoms with E-state index < -0.39 is 0 Å². The Kier molecular flexibility index (Phi) is 5.20. The number of hydrogen-bond donors (Lipinski definition) is 0. The van der Waals surface area contributed by atoms with Crippen LogP contribution in [0, 0.1) is 0 Å². The van der Waals surface area contributed by atoms with Crippen molar-refractivity contribution in [2.45, 2.75) is 12.5 Å². The average Bonchev–Trinajstić information content (AvgIpc) is 2.90. The van der Waals surface area contributed by atoms with Crippen LogP contribution in [-0.4, -0.2) is 48.1 Å². The summed E-state index contributed by atoms with van der Waals surface area (Å²) in [5.74, 6) is 1.17. The van der Waals surface area contributed by atoms with E-state index in [4.69, 9.17) is 21.1 Å². The number of nitrogens with zero attached hydrogens (tertiary/aromatic N) is 3. The molecule has 0 saturated heterocycles. The minimum atomic E-state index is 0.320. The molecule has 23 heavy (non-hydrogen) atoms. The van der Waals surface area contributed by atoms with Crippen molar-refractivity contribution in [2.24, 2.45) is 7.05 Å². The molecule has 2 aromatic rings. The molecule has 1 aliphatic heterocycles. The summed E-state index contributed by atoms with van der Waals surface area (Å²) in [6.45, 7) is 4.07. The second-order valence-electron chi connectivity index (χ2n) is 5.90. The van der Waals surface area contributed by atoms with Crippen LogP contribution >= 0.6 is 11.6 Å². The molecule has 3 rings (SSSR count). The number of fused-ring (bicyclic) bond motifs is 1. The summed E-state index contributed by atoms with van der Waals surface area (Å²) < 4.78 is 13.1. The van der Waals surface area contributed by atoms with Gasteiger partial charge in [-0.25, -0.2) is 0 Å². The predicted molar refractivity (Wildman–Crippen MR) is 90.0 cm³/mol. The topological polar surface area (TPSA) is 39.5 Å². The van der Waals surface area contributed by atoms with Gasteiger partial charge in [0.15, 0.2) is 0 Å². The lowest BCUT2D eigenvalue weighted by Gasteiger charge is -2.31. The van der Waals surface area contributed by atoms with Gasteiger partial charge >= 0.3 is 0 Å². The molecule has 0 fully saturated rings.